The molecule has 1 aliphatic rings. The molecule has 106 valence electrons. The maximum absolute atomic E-state index is 12.6. The van der Waals surface area contributed by atoms with Crippen molar-refractivity contribution in [2.45, 2.75) is 38.3 Å². The molecule has 1 fully saturated rings. The highest BCUT2D eigenvalue weighted by Gasteiger charge is 2.15. The second-order valence-corrected chi connectivity index (χ2v) is 5.39. The van der Waals surface area contributed by atoms with Crippen molar-refractivity contribution >= 4 is 0 Å². The van der Waals surface area contributed by atoms with E-state index in [0.29, 0.717) is 6.04 Å². The number of rotatable bonds is 5. The van der Waals surface area contributed by atoms with Gasteiger partial charge in [0.1, 0.15) is 0 Å². The molecular formula is C15H22F2N2. The van der Waals surface area contributed by atoms with Crippen molar-refractivity contribution in [2.75, 3.05) is 20.1 Å². The van der Waals surface area contributed by atoms with Gasteiger partial charge < -0.3 is 10.2 Å². The van der Waals surface area contributed by atoms with Crippen LogP contribution >= 0.6 is 0 Å². The molecule has 4 heteroatoms. The van der Waals surface area contributed by atoms with Crippen LogP contribution in [0.3, 0.4) is 0 Å². The zero-order valence-corrected chi connectivity index (χ0v) is 11.4. The van der Waals surface area contributed by atoms with Crippen LogP contribution in [-0.2, 0) is 6.54 Å². The Bertz CT molecular complexity index is 389. The predicted octanol–water partition coefficient (Wildman–Crippen LogP) is 3.20. The van der Waals surface area contributed by atoms with E-state index in [1.807, 2.05) is 13.1 Å². The lowest BCUT2D eigenvalue weighted by Gasteiger charge is -2.28. The quantitative estimate of drug-likeness (QED) is 0.882. The van der Waals surface area contributed by atoms with Crippen LogP contribution in [-0.4, -0.2) is 31.1 Å². The third-order valence-corrected chi connectivity index (χ3v) is 3.60. The Kier molecular flexibility index (Phi) is 5.28. The van der Waals surface area contributed by atoms with Gasteiger partial charge in [-0.15, -0.1) is 0 Å². The molecule has 0 amide bonds. The average molecular weight is 268 g/mol. The van der Waals surface area contributed by atoms with Crippen molar-refractivity contribution in [3.8, 4) is 0 Å². The van der Waals surface area contributed by atoms with E-state index in [1.54, 1.807) is 12.1 Å². The number of likely N-dealkylation sites (N-methyl/N-ethyl adjacent to an activating group) is 1. The van der Waals surface area contributed by atoms with Crippen LogP contribution < -0.4 is 5.32 Å². The molecule has 0 saturated carbocycles. The molecule has 0 aromatic heterocycles. The maximum Gasteiger partial charge on any atom is 0.263 e. The first-order valence-corrected chi connectivity index (χ1v) is 6.94. The van der Waals surface area contributed by atoms with Gasteiger partial charge in [0.2, 0.25) is 0 Å². The van der Waals surface area contributed by atoms with Gasteiger partial charge >= 0.3 is 0 Å². The molecule has 1 N–H and O–H groups in total. The average Bonchev–Trinajstić information content (AvgIpc) is 2.40. The van der Waals surface area contributed by atoms with E-state index >= 15 is 0 Å². The standard InChI is InChI=1S/C15H22F2N2/c1-19(11-14-7-2-3-8-18-14)10-12-5-4-6-13(9-12)15(16)17/h4-6,9,14-15,18H,2-3,7-8,10-11H2,1H3. The first kappa shape index (κ1) is 14.4. The zero-order chi connectivity index (χ0) is 13.7. The molecule has 19 heavy (non-hydrogen) atoms. The second-order valence-electron chi connectivity index (χ2n) is 5.39. The number of alkyl halides is 2. The topological polar surface area (TPSA) is 15.3 Å². The van der Waals surface area contributed by atoms with E-state index < -0.39 is 6.43 Å². The fourth-order valence-electron chi connectivity index (χ4n) is 2.66. The highest BCUT2D eigenvalue weighted by molar-refractivity contribution is 5.24. The number of benzene rings is 1. The third-order valence-electron chi connectivity index (χ3n) is 3.60. The predicted molar refractivity (Wildman–Crippen MR) is 73.4 cm³/mol. The van der Waals surface area contributed by atoms with Crippen molar-refractivity contribution in [2.24, 2.45) is 0 Å². The third kappa shape index (κ3) is 4.55. The van der Waals surface area contributed by atoms with E-state index in [2.05, 4.69) is 10.2 Å². The summed E-state index contributed by atoms with van der Waals surface area (Å²) in [5, 5.41) is 3.50. The first-order chi connectivity index (χ1) is 9.15. The van der Waals surface area contributed by atoms with Crippen molar-refractivity contribution in [1.82, 2.24) is 10.2 Å². The first-order valence-electron chi connectivity index (χ1n) is 6.94. The number of nitrogens with one attached hydrogen (secondary N) is 1. The summed E-state index contributed by atoms with van der Waals surface area (Å²) in [6.07, 6.45) is 1.37. The van der Waals surface area contributed by atoms with Crippen LogP contribution in [0.1, 0.15) is 36.8 Å². The lowest BCUT2D eigenvalue weighted by molar-refractivity contribution is 0.151. The molecule has 1 atom stereocenters. The Morgan fingerprint density at radius 2 is 2.21 bits per heavy atom. The highest BCUT2D eigenvalue weighted by atomic mass is 19.3. The number of hydrogen-bond donors (Lipinski definition) is 1. The maximum atomic E-state index is 12.6. The summed E-state index contributed by atoms with van der Waals surface area (Å²) >= 11 is 0. The smallest absolute Gasteiger partial charge is 0.263 e. The van der Waals surface area contributed by atoms with E-state index in [1.165, 1.54) is 25.3 Å². The molecule has 1 heterocycles. The minimum absolute atomic E-state index is 0.113. The van der Waals surface area contributed by atoms with Gasteiger partial charge in [0.25, 0.3) is 6.43 Å². The molecule has 1 unspecified atom stereocenters. The fraction of sp³-hybridized carbons (Fsp3) is 0.600. The van der Waals surface area contributed by atoms with E-state index in [9.17, 15) is 8.78 Å². The minimum atomic E-state index is -2.38. The van der Waals surface area contributed by atoms with Gasteiger partial charge in [-0.25, -0.2) is 8.78 Å². The summed E-state index contributed by atoms with van der Waals surface area (Å²) in [5.41, 5.74) is 1.07. The van der Waals surface area contributed by atoms with Gasteiger partial charge in [-0.3, -0.25) is 0 Å². The zero-order valence-electron chi connectivity index (χ0n) is 11.4. The van der Waals surface area contributed by atoms with Gasteiger partial charge in [-0.2, -0.15) is 0 Å². The number of hydrogen-bond acceptors (Lipinski definition) is 2. The Morgan fingerprint density at radius 3 is 2.89 bits per heavy atom. The monoisotopic (exact) mass is 268 g/mol. The summed E-state index contributed by atoms with van der Waals surface area (Å²) in [6, 6.07) is 7.25. The van der Waals surface area contributed by atoms with Crippen LogP contribution in [0.5, 0.6) is 0 Å². The number of halogens is 2. The lowest BCUT2D eigenvalue weighted by Crippen LogP contribution is -2.42. The van der Waals surface area contributed by atoms with Crippen molar-refractivity contribution in [3.63, 3.8) is 0 Å². The van der Waals surface area contributed by atoms with Gasteiger partial charge in [0.05, 0.1) is 0 Å². The fourth-order valence-corrected chi connectivity index (χ4v) is 2.66. The summed E-state index contributed by atoms with van der Waals surface area (Å²) in [5.74, 6) is 0. The highest BCUT2D eigenvalue weighted by Crippen LogP contribution is 2.20. The molecular weight excluding hydrogens is 246 g/mol. The number of nitrogens with zero attached hydrogens (tertiary/aromatic N) is 1. The molecule has 1 aromatic carbocycles. The van der Waals surface area contributed by atoms with Crippen molar-refractivity contribution in [1.29, 1.82) is 0 Å². The number of piperidine rings is 1. The molecule has 0 aliphatic carbocycles. The molecule has 2 rings (SSSR count). The van der Waals surface area contributed by atoms with Crippen LogP contribution in [0.2, 0.25) is 0 Å². The second kappa shape index (κ2) is 6.96. The van der Waals surface area contributed by atoms with Gasteiger partial charge in [-0.05, 0) is 38.1 Å². The summed E-state index contributed by atoms with van der Waals surface area (Å²) in [6.45, 7) is 2.79. The summed E-state index contributed by atoms with van der Waals surface area (Å²) < 4.78 is 25.3. The molecule has 0 spiro atoms. The van der Waals surface area contributed by atoms with Crippen LogP contribution in [0.25, 0.3) is 0 Å². The molecule has 2 nitrogen and oxygen atoms in total. The van der Waals surface area contributed by atoms with Gasteiger partial charge in [0.15, 0.2) is 0 Å². The molecule has 1 aromatic rings. The molecule has 0 radical (unpaired) electrons. The van der Waals surface area contributed by atoms with E-state index in [-0.39, 0.29) is 5.56 Å². The minimum Gasteiger partial charge on any atom is -0.313 e. The Morgan fingerprint density at radius 1 is 1.37 bits per heavy atom. The van der Waals surface area contributed by atoms with Gasteiger partial charge in [0, 0.05) is 24.7 Å². The van der Waals surface area contributed by atoms with Crippen LogP contribution in [0.4, 0.5) is 8.78 Å². The van der Waals surface area contributed by atoms with E-state index in [4.69, 9.17) is 0 Å². The molecule has 0 bridgehead atoms. The van der Waals surface area contributed by atoms with Gasteiger partial charge in [-0.1, -0.05) is 24.6 Å². The van der Waals surface area contributed by atoms with E-state index in [0.717, 1.165) is 25.2 Å². The summed E-state index contributed by atoms with van der Waals surface area (Å²) in [4.78, 5) is 2.20. The molecule has 1 saturated heterocycles. The van der Waals surface area contributed by atoms with Crippen LogP contribution in [0, 0.1) is 0 Å². The Hall–Kier alpha value is -1.00. The largest absolute Gasteiger partial charge is 0.313 e. The normalized spacial score (nSPS) is 20.2. The Labute approximate surface area is 113 Å². The molecule has 1 aliphatic heterocycles. The van der Waals surface area contributed by atoms with Crippen molar-refractivity contribution < 1.29 is 8.78 Å². The Balaban J connectivity index is 1.87. The SMILES string of the molecule is CN(Cc1cccc(C(F)F)c1)CC1CCCCN1. The lowest BCUT2D eigenvalue weighted by atomic mass is 10.0. The summed E-state index contributed by atoms with van der Waals surface area (Å²) in [7, 11) is 2.05. The van der Waals surface area contributed by atoms with Crippen molar-refractivity contribution in [3.05, 3.63) is 35.4 Å². The van der Waals surface area contributed by atoms with Crippen LogP contribution in [0.15, 0.2) is 24.3 Å².